The molecule has 0 aliphatic carbocycles. The molecule has 3 rings (SSSR count). The molecule has 1 aliphatic rings. The summed E-state index contributed by atoms with van der Waals surface area (Å²) in [6, 6.07) is 9.80. The van der Waals surface area contributed by atoms with Crippen molar-refractivity contribution in [2.45, 2.75) is 20.3 Å². The molecule has 130 valence electrons. The SMILES string of the molecule is Cc1cccc(N2CC(C(=O)Nc3ccc(Cl)cc3F)CC2=O)c1C. The maximum absolute atomic E-state index is 13.8. The Kier molecular flexibility index (Phi) is 4.77. The Balaban J connectivity index is 1.75. The van der Waals surface area contributed by atoms with E-state index in [1.54, 1.807) is 4.90 Å². The van der Waals surface area contributed by atoms with Crippen molar-refractivity contribution in [3.8, 4) is 0 Å². The first kappa shape index (κ1) is 17.4. The van der Waals surface area contributed by atoms with Crippen LogP contribution in [0.1, 0.15) is 17.5 Å². The summed E-state index contributed by atoms with van der Waals surface area (Å²) in [5.74, 6) is -1.60. The minimum atomic E-state index is -0.600. The fourth-order valence-electron chi connectivity index (χ4n) is 2.97. The second-order valence-corrected chi connectivity index (χ2v) is 6.67. The van der Waals surface area contributed by atoms with Gasteiger partial charge in [-0.1, -0.05) is 23.7 Å². The Morgan fingerprint density at radius 2 is 2.04 bits per heavy atom. The molecule has 25 heavy (non-hydrogen) atoms. The predicted octanol–water partition coefficient (Wildman–Crippen LogP) is 4.09. The van der Waals surface area contributed by atoms with Gasteiger partial charge >= 0.3 is 0 Å². The van der Waals surface area contributed by atoms with Gasteiger partial charge in [0.15, 0.2) is 0 Å². The van der Waals surface area contributed by atoms with Crippen molar-refractivity contribution in [3.63, 3.8) is 0 Å². The Labute approximate surface area is 150 Å². The van der Waals surface area contributed by atoms with E-state index in [1.807, 2.05) is 32.0 Å². The molecule has 2 aromatic carbocycles. The molecule has 0 saturated carbocycles. The molecule has 0 bridgehead atoms. The number of nitrogens with zero attached hydrogens (tertiary/aromatic N) is 1. The molecule has 1 atom stereocenters. The lowest BCUT2D eigenvalue weighted by atomic mass is 10.1. The van der Waals surface area contributed by atoms with Crippen molar-refractivity contribution in [2.24, 2.45) is 5.92 Å². The summed E-state index contributed by atoms with van der Waals surface area (Å²) in [6.07, 6.45) is 0.106. The van der Waals surface area contributed by atoms with E-state index in [9.17, 15) is 14.0 Å². The third-order valence-electron chi connectivity index (χ3n) is 4.55. The van der Waals surface area contributed by atoms with Crippen LogP contribution in [0.3, 0.4) is 0 Å². The van der Waals surface area contributed by atoms with Gasteiger partial charge in [0.1, 0.15) is 5.82 Å². The van der Waals surface area contributed by atoms with Crippen LogP contribution in [0.15, 0.2) is 36.4 Å². The molecule has 4 nitrogen and oxygen atoms in total. The Morgan fingerprint density at radius 3 is 2.76 bits per heavy atom. The minimum Gasteiger partial charge on any atom is -0.323 e. The highest BCUT2D eigenvalue weighted by molar-refractivity contribution is 6.30. The molecule has 1 fully saturated rings. The van der Waals surface area contributed by atoms with Crippen LogP contribution in [0.2, 0.25) is 5.02 Å². The summed E-state index contributed by atoms with van der Waals surface area (Å²) in [4.78, 5) is 26.4. The molecular weight excluding hydrogens is 343 g/mol. The van der Waals surface area contributed by atoms with Crippen LogP contribution in [0.25, 0.3) is 0 Å². The first-order valence-corrected chi connectivity index (χ1v) is 8.37. The lowest BCUT2D eigenvalue weighted by molar-refractivity contribution is -0.122. The lowest BCUT2D eigenvalue weighted by Gasteiger charge is -2.20. The lowest BCUT2D eigenvalue weighted by Crippen LogP contribution is -2.28. The number of benzene rings is 2. The monoisotopic (exact) mass is 360 g/mol. The van der Waals surface area contributed by atoms with Crippen LogP contribution in [-0.4, -0.2) is 18.4 Å². The molecular formula is C19H18ClFN2O2. The summed E-state index contributed by atoms with van der Waals surface area (Å²) in [5, 5.41) is 2.80. The van der Waals surface area contributed by atoms with Crippen LogP contribution in [0.5, 0.6) is 0 Å². The van der Waals surface area contributed by atoms with E-state index in [0.717, 1.165) is 22.9 Å². The van der Waals surface area contributed by atoms with Gasteiger partial charge in [-0.2, -0.15) is 0 Å². The predicted molar refractivity (Wildman–Crippen MR) is 96.4 cm³/mol. The number of aryl methyl sites for hydroxylation is 1. The van der Waals surface area contributed by atoms with Gasteiger partial charge in [0, 0.05) is 23.7 Å². The molecule has 1 heterocycles. The number of nitrogens with one attached hydrogen (secondary N) is 1. The second kappa shape index (κ2) is 6.84. The van der Waals surface area contributed by atoms with E-state index >= 15 is 0 Å². The molecule has 1 saturated heterocycles. The highest BCUT2D eigenvalue weighted by atomic mass is 35.5. The summed E-state index contributed by atoms with van der Waals surface area (Å²) in [5.41, 5.74) is 2.98. The van der Waals surface area contributed by atoms with Crippen molar-refractivity contribution >= 4 is 34.8 Å². The average Bonchev–Trinajstić information content (AvgIpc) is 2.94. The van der Waals surface area contributed by atoms with E-state index in [4.69, 9.17) is 11.6 Å². The Bertz CT molecular complexity index is 853. The normalized spacial score (nSPS) is 17.0. The van der Waals surface area contributed by atoms with Crippen LogP contribution < -0.4 is 10.2 Å². The zero-order valence-corrected chi connectivity index (χ0v) is 14.7. The average molecular weight is 361 g/mol. The van der Waals surface area contributed by atoms with E-state index in [1.165, 1.54) is 12.1 Å². The van der Waals surface area contributed by atoms with Gasteiger partial charge < -0.3 is 10.2 Å². The van der Waals surface area contributed by atoms with Crippen molar-refractivity contribution in [3.05, 3.63) is 58.4 Å². The van der Waals surface area contributed by atoms with Gasteiger partial charge in [0.2, 0.25) is 11.8 Å². The van der Waals surface area contributed by atoms with Crippen LogP contribution in [0, 0.1) is 25.6 Å². The topological polar surface area (TPSA) is 49.4 Å². The molecule has 0 radical (unpaired) electrons. The maximum Gasteiger partial charge on any atom is 0.229 e. The third kappa shape index (κ3) is 3.51. The molecule has 6 heteroatoms. The molecule has 0 spiro atoms. The number of carbonyl (C=O) groups is 2. The fourth-order valence-corrected chi connectivity index (χ4v) is 3.13. The number of carbonyl (C=O) groups excluding carboxylic acids is 2. The molecule has 1 N–H and O–H groups in total. The first-order chi connectivity index (χ1) is 11.9. The molecule has 1 unspecified atom stereocenters. The second-order valence-electron chi connectivity index (χ2n) is 6.24. The minimum absolute atomic E-state index is 0.0621. The maximum atomic E-state index is 13.8. The zero-order chi connectivity index (χ0) is 18.1. The largest absolute Gasteiger partial charge is 0.323 e. The highest BCUT2D eigenvalue weighted by Crippen LogP contribution is 2.30. The number of halogens is 2. The Hall–Kier alpha value is -2.40. The van der Waals surface area contributed by atoms with Gasteiger partial charge in [0.25, 0.3) is 0 Å². The number of anilines is 2. The van der Waals surface area contributed by atoms with Crippen molar-refractivity contribution < 1.29 is 14.0 Å². The van der Waals surface area contributed by atoms with Gasteiger partial charge in [-0.15, -0.1) is 0 Å². The van der Waals surface area contributed by atoms with E-state index < -0.39 is 11.7 Å². The summed E-state index contributed by atoms with van der Waals surface area (Å²) >= 11 is 5.71. The summed E-state index contributed by atoms with van der Waals surface area (Å²) in [6.45, 7) is 4.21. The smallest absolute Gasteiger partial charge is 0.229 e. The molecule has 2 aromatic rings. The first-order valence-electron chi connectivity index (χ1n) is 7.99. The van der Waals surface area contributed by atoms with Crippen molar-refractivity contribution in [1.82, 2.24) is 0 Å². The van der Waals surface area contributed by atoms with E-state index in [2.05, 4.69) is 5.32 Å². The third-order valence-corrected chi connectivity index (χ3v) is 4.79. The standard InChI is InChI=1S/C19H18ClFN2O2/c1-11-4-3-5-17(12(11)2)23-10-13(8-18(23)24)19(25)22-16-7-6-14(20)9-15(16)21/h3-7,9,13H,8,10H2,1-2H3,(H,22,25). The van der Waals surface area contributed by atoms with Crippen LogP contribution in [0.4, 0.5) is 15.8 Å². The quantitative estimate of drug-likeness (QED) is 0.896. The van der Waals surface area contributed by atoms with E-state index in [0.29, 0.717) is 0 Å². The van der Waals surface area contributed by atoms with Crippen molar-refractivity contribution in [1.29, 1.82) is 0 Å². The highest BCUT2D eigenvalue weighted by Gasteiger charge is 2.36. The van der Waals surface area contributed by atoms with E-state index in [-0.39, 0.29) is 35.5 Å². The summed E-state index contributed by atoms with van der Waals surface area (Å²) < 4.78 is 13.8. The van der Waals surface area contributed by atoms with Gasteiger partial charge in [-0.05, 0) is 49.2 Å². The number of hydrogen-bond acceptors (Lipinski definition) is 2. The summed E-state index contributed by atoms with van der Waals surface area (Å²) in [7, 11) is 0. The number of amides is 2. The molecule has 0 aromatic heterocycles. The molecule has 1 aliphatic heterocycles. The van der Waals surface area contributed by atoms with Crippen molar-refractivity contribution in [2.75, 3.05) is 16.8 Å². The molecule has 2 amide bonds. The van der Waals surface area contributed by atoms with Gasteiger partial charge in [0.05, 0.1) is 11.6 Å². The van der Waals surface area contributed by atoms with Crippen LogP contribution >= 0.6 is 11.6 Å². The fraction of sp³-hybridized carbons (Fsp3) is 0.263. The number of rotatable bonds is 3. The number of hydrogen-bond donors (Lipinski definition) is 1. The van der Waals surface area contributed by atoms with Gasteiger partial charge in [-0.25, -0.2) is 4.39 Å². The van der Waals surface area contributed by atoms with Crippen LogP contribution in [-0.2, 0) is 9.59 Å². The van der Waals surface area contributed by atoms with Gasteiger partial charge in [-0.3, -0.25) is 9.59 Å². The Morgan fingerprint density at radius 1 is 1.28 bits per heavy atom. The zero-order valence-electron chi connectivity index (χ0n) is 14.0.